The molecule has 0 radical (unpaired) electrons. The van der Waals surface area contributed by atoms with Gasteiger partial charge < -0.3 is 10.1 Å². The van der Waals surface area contributed by atoms with Crippen LogP contribution in [0.15, 0.2) is 29.4 Å². The summed E-state index contributed by atoms with van der Waals surface area (Å²) in [6.07, 6.45) is 0. The van der Waals surface area contributed by atoms with Gasteiger partial charge in [0.05, 0.1) is 11.3 Å². The smallest absolute Gasteiger partial charge is 0.209 e. The molecule has 0 bridgehead atoms. The van der Waals surface area contributed by atoms with Crippen LogP contribution in [-0.2, 0) is 7.05 Å². The van der Waals surface area contributed by atoms with Crippen molar-refractivity contribution in [1.82, 2.24) is 25.5 Å². The quantitative estimate of drug-likeness (QED) is 0.919. The molecule has 0 saturated carbocycles. The third kappa shape index (κ3) is 2.51. The summed E-state index contributed by atoms with van der Waals surface area (Å²) in [7, 11) is 1.85. The van der Waals surface area contributed by atoms with Crippen LogP contribution < -0.4 is 10.1 Å². The van der Waals surface area contributed by atoms with Crippen LogP contribution in [0, 0.1) is 0 Å². The Kier molecular flexibility index (Phi) is 3.88. The Bertz CT molecular complexity index is 588. The molecule has 3 rings (SSSR count). The second kappa shape index (κ2) is 5.80. The fourth-order valence-corrected chi connectivity index (χ4v) is 3.42. The average molecular weight is 291 g/mol. The molecule has 2 unspecified atom stereocenters. The first-order chi connectivity index (χ1) is 9.79. The predicted molar refractivity (Wildman–Crippen MR) is 76.8 cm³/mol. The summed E-state index contributed by atoms with van der Waals surface area (Å²) in [4.78, 5) is 0. The Morgan fingerprint density at radius 1 is 1.45 bits per heavy atom. The van der Waals surface area contributed by atoms with Gasteiger partial charge in [-0.2, -0.15) is 0 Å². The minimum absolute atomic E-state index is 0.242. The van der Waals surface area contributed by atoms with Crippen LogP contribution in [0.4, 0.5) is 0 Å². The molecule has 1 aromatic carbocycles. The summed E-state index contributed by atoms with van der Waals surface area (Å²) in [5.74, 6) is 0.964. The van der Waals surface area contributed by atoms with Crippen molar-refractivity contribution in [1.29, 1.82) is 0 Å². The highest BCUT2D eigenvalue weighted by Gasteiger charge is 2.32. The molecule has 0 saturated heterocycles. The van der Waals surface area contributed by atoms with Gasteiger partial charge in [-0.05, 0) is 23.0 Å². The number of para-hydroxylation sites is 1. The van der Waals surface area contributed by atoms with Crippen LogP contribution in [0.5, 0.6) is 5.75 Å². The number of ether oxygens (including phenoxy) is 1. The number of benzene rings is 1. The van der Waals surface area contributed by atoms with E-state index < -0.39 is 0 Å². The van der Waals surface area contributed by atoms with Gasteiger partial charge in [-0.3, -0.25) is 0 Å². The van der Waals surface area contributed by atoms with Crippen molar-refractivity contribution in [3.05, 3.63) is 29.8 Å². The zero-order valence-electron chi connectivity index (χ0n) is 11.5. The summed E-state index contributed by atoms with van der Waals surface area (Å²) < 4.78 is 7.55. The number of fused-ring (bicyclic) bond motifs is 1. The maximum Gasteiger partial charge on any atom is 0.209 e. The van der Waals surface area contributed by atoms with Gasteiger partial charge >= 0.3 is 0 Å². The lowest BCUT2D eigenvalue weighted by Gasteiger charge is -2.33. The number of hydrogen-bond acceptors (Lipinski definition) is 6. The lowest BCUT2D eigenvalue weighted by molar-refractivity contribution is 0.261. The minimum atomic E-state index is 0.242. The van der Waals surface area contributed by atoms with E-state index in [1.807, 2.05) is 25.2 Å². The lowest BCUT2D eigenvalue weighted by atomic mass is 10.0. The first-order valence-corrected chi connectivity index (χ1v) is 7.51. The van der Waals surface area contributed by atoms with Gasteiger partial charge in [-0.15, -0.1) is 5.10 Å². The molecule has 1 N–H and O–H groups in total. The molecule has 1 aliphatic heterocycles. The summed E-state index contributed by atoms with van der Waals surface area (Å²) >= 11 is 1.65. The van der Waals surface area contributed by atoms with Crippen molar-refractivity contribution in [3.63, 3.8) is 0 Å². The topological polar surface area (TPSA) is 64.9 Å². The SMILES string of the molecule is CCNC1c2ccccc2OCC1Sc1nnnn1C. The molecule has 0 fully saturated rings. The largest absolute Gasteiger partial charge is 0.492 e. The second-order valence-electron chi connectivity index (χ2n) is 4.63. The van der Waals surface area contributed by atoms with Crippen LogP contribution in [0.25, 0.3) is 0 Å². The molecule has 2 aromatic rings. The van der Waals surface area contributed by atoms with Gasteiger partial charge in [0.1, 0.15) is 12.4 Å². The van der Waals surface area contributed by atoms with E-state index in [0.717, 1.165) is 17.5 Å². The normalized spacial score (nSPS) is 21.3. The Morgan fingerprint density at radius 2 is 2.30 bits per heavy atom. The molecule has 6 nitrogen and oxygen atoms in total. The zero-order valence-corrected chi connectivity index (χ0v) is 12.3. The molecule has 2 atom stereocenters. The molecule has 0 aliphatic carbocycles. The third-order valence-corrected chi connectivity index (χ3v) is 4.56. The highest BCUT2D eigenvalue weighted by Crippen LogP contribution is 2.38. The monoisotopic (exact) mass is 291 g/mol. The fourth-order valence-electron chi connectivity index (χ4n) is 2.36. The van der Waals surface area contributed by atoms with Gasteiger partial charge in [0.25, 0.3) is 0 Å². The van der Waals surface area contributed by atoms with E-state index in [9.17, 15) is 0 Å². The van der Waals surface area contributed by atoms with E-state index in [1.165, 1.54) is 5.56 Å². The van der Waals surface area contributed by atoms with Gasteiger partial charge in [0.2, 0.25) is 5.16 Å². The summed E-state index contributed by atoms with van der Waals surface area (Å²) in [5, 5.41) is 16.2. The van der Waals surface area contributed by atoms with Crippen molar-refractivity contribution in [2.75, 3.05) is 13.2 Å². The van der Waals surface area contributed by atoms with Gasteiger partial charge in [-0.25, -0.2) is 4.68 Å². The molecular formula is C13H17N5OS. The summed E-state index contributed by atoms with van der Waals surface area (Å²) in [6.45, 7) is 3.67. The first kappa shape index (κ1) is 13.4. The van der Waals surface area contributed by atoms with E-state index in [-0.39, 0.29) is 11.3 Å². The molecule has 20 heavy (non-hydrogen) atoms. The number of aromatic nitrogens is 4. The number of nitrogens with one attached hydrogen (secondary N) is 1. The highest BCUT2D eigenvalue weighted by molar-refractivity contribution is 7.99. The van der Waals surface area contributed by atoms with E-state index in [2.05, 4.69) is 33.8 Å². The van der Waals surface area contributed by atoms with Crippen LogP contribution in [0.2, 0.25) is 0 Å². The predicted octanol–water partition coefficient (Wildman–Crippen LogP) is 1.41. The highest BCUT2D eigenvalue weighted by atomic mass is 32.2. The molecule has 7 heteroatoms. The minimum Gasteiger partial charge on any atom is -0.492 e. The van der Waals surface area contributed by atoms with E-state index in [0.29, 0.717) is 6.61 Å². The Labute approximate surface area is 121 Å². The molecule has 1 aromatic heterocycles. The van der Waals surface area contributed by atoms with Gasteiger partial charge in [0, 0.05) is 12.6 Å². The number of thioether (sulfide) groups is 1. The molecule has 0 amide bonds. The van der Waals surface area contributed by atoms with E-state index in [4.69, 9.17) is 4.74 Å². The van der Waals surface area contributed by atoms with Crippen LogP contribution in [0.3, 0.4) is 0 Å². The molecule has 106 valence electrons. The van der Waals surface area contributed by atoms with Gasteiger partial charge in [0.15, 0.2) is 0 Å². The Balaban J connectivity index is 1.86. The van der Waals surface area contributed by atoms with Crippen molar-refractivity contribution in [2.45, 2.75) is 23.4 Å². The van der Waals surface area contributed by atoms with Gasteiger partial charge in [-0.1, -0.05) is 36.9 Å². The van der Waals surface area contributed by atoms with Crippen LogP contribution in [0.1, 0.15) is 18.5 Å². The number of hydrogen-bond donors (Lipinski definition) is 1. The second-order valence-corrected chi connectivity index (χ2v) is 5.83. The Hall–Kier alpha value is -1.60. The number of aryl methyl sites for hydroxylation is 1. The van der Waals surface area contributed by atoms with E-state index >= 15 is 0 Å². The summed E-state index contributed by atoms with van der Waals surface area (Å²) in [5.41, 5.74) is 1.20. The molecule has 0 spiro atoms. The van der Waals surface area contributed by atoms with Crippen LogP contribution >= 0.6 is 11.8 Å². The maximum atomic E-state index is 5.86. The summed E-state index contributed by atoms with van der Waals surface area (Å²) in [6, 6.07) is 8.42. The van der Waals surface area contributed by atoms with Crippen molar-refractivity contribution in [2.24, 2.45) is 7.05 Å². The lowest BCUT2D eigenvalue weighted by Crippen LogP contribution is -2.37. The maximum absolute atomic E-state index is 5.86. The van der Waals surface area contributed by atoms with Crippen LogP contribution in [-0.4, -0.2) is 38.6 Å². The van der Waals surface area contributed by atoms with Crippen molar-refractivity contribution in [3.8, 4) is 5.75 Å². The zero-order chi connectivity index (χ0) is 13.9. The fraction of sp³-hybridized carbons (Fsp3) is 0.462. The van der Waals surface area contributed by atoms with Crippen molar-refractivity contribution < 1.29 is 4.74 Å². The standard InChI is InChI=1S/C13H17N5OS/c1-3-14-12-9-6-4-5-7-10(9)19-8-11(12)20-13-15-16-17-18(13)2/h4-7,11-12,14H,3,8H2,1-2H3. The first-order valence-electron chi connectivity index (χ1n) is 6.63. The number of nitrogens with zero attached hydrogens (tertiary/aromatic N) is 4. The number of tetrazole rings is 1. The molecule has 1 aliphatic rings. The Morgan fingerprint density at radius 3 is 3.05 bits per heavy atom. The molecular weight excluding hydrogens is 274 g/mol. The average Bonchev–Trinajstić information content (AvgIpc) is 2.87. The third-order valence-electron chi connectivity index (χ3n) is 3.29. The van der Waals surface area contributed by atoms with E-state index in [1.54, 1.807) is 16.4 Å². The van der Waals surface area contributed by atoms with Crippen molar-refractivity contribution >= 4 is 11.8 Å². The number of rotatable bonds is 4. The molecule has 2 heterocycles.